The molecule has 1 rings (SSSR count). The molecule has 108 valence electrons. The Morgan fingerprint density at radius 2 is 2.15 bits per heavy atom. The van der Waals surface area contributed by atoms with Gasteiger partial charge in [-0.15, -0.1) is 11.8 Å². The molecule has 0 aliphatic heterocycles. The molecule has 0 saturated carbocycles. The lowest BCUT2D eigenvalue weighted by molar-refractivity contribution is -0.139. The van der Waals surface area contributed by atoms with Gasteiger partial charge in [-0.1, -0.05) is 19.1 Å². The number of nitrogens with zero attached hydrogens (tertiary/aromatic N) is 1. The lowest BCUT2D eigenvalue weighted by atomic mass is 9.99. The summed E-state index contributed by atoms with van der Waals surface area (Å²) in [4.78, 5) is 14.4. The molecule has 0 radical (unpaired) electrons. The lowest BCUT2D eigenvalue weighted by Crippen LogP contribution is -2.09. The van der Waals surface area contributed by atoms with E-state index < -0.39 is 5.97 Å². The van der Waals surface area contributed by atoms with Gasteiger partial charge in [0.25, 0.3) is 0 Å². The Morgan fingerprint density at radius 3 is 2.65 bits per heavy atom. The minimum Gasteiger partial charge on any atom is -0.482 e. The number of allylic oxidation sites excluding steroid dienone is 1. The molecule has 1 unspecified atom stereocenters. The molecule has 0 aliphatic carbocycles. The molecule has 1 aromatic carbocycles. The second-order valence-electron chi connectivity index (χ2n) is 4.37. The maximum absolute atomic E-state index is 10.4. The van der Waals surface area contributed by atoms with Gasteiger partial charge < -0.3 is 9.84 Å². The summed E-state index contributed by atoms with van der Waals surface area (Å²) in [6.45, 7) is 5.37. The number of carboxylic acid groups (broad SMARTS) is 1. The van der Waals surface area contributed by atoms with E-state index in [1.807, 2.05) is 23.8 Å². The smallest absolute Gasteiger partial charge is 0.341 e. The molecule has 0 heterocycles. The highest BCUT2D eigenvalue weighted by molar-refractivity contribution is 8.01. The molecule has 0 amide bonds. The van der Waals surface area contributed by atoms with E-state index in [1.54, 1.807) is 23.9 Å². The highest BCUT2D eigenvalue weighted by Crippen LogP contribution is 2.21. The van der Waals surface area contributed by atoms with Gasteiger partial charge in [0.15, 0.2) is 6.61 Å². The van der Waals surface area contributed by atoms with E-state index in [1.165, 1.54) is 0 Å². The van der Waals surface area contributed by atoms with E-state index in [4.69, 9.17) is 9.84 Å². The highest BCUT2D eigenvalue weighted by atomic mass is 32.2. The summed E-state index contributed by atoms with van der Waals surface area (Å²) < 4.78 is 5.09. The van der Waals surface area contributed by atoms with E-state index in [-0.39, 0.29) is 12.5 Å². The van der Waals surface area contributed by atoms with Gasteiger partial charge in [0.05, 0.1) is 0 Å². The molecule has 0 bridgehead atoms. The molecule has 4 nitrogen and oxygen atoms in total. The van der Waals surface area contributed by atoms with Crippen LogP contribution in [-0.2, 0) is 11.2 Å². The van der Waals surface area contributed by atoms with Crippen LogP contribution >= 0.6 is 11.8 Å². The van der Waals surface area contributed by atoms with Crippen LogP contribution in [0.3, 0.4) is 0 Å². The van der Waals surface area contributed by atoms with Crippen LogP contribution in [0.4, 0.5) is 0 Å². The zero-order valence-electron chi connectivity index (χ0n) is 11.7. The predicted octanol–water partition coefficient (Wildman–Crippen LogP) is 3.23. The third-order valence-electron chi connectivity index (χ3n) is 2.75. The summed E-state index contributed by atoms with van der Waals surface area (Å²) in [5.74, 6) is -0.136. The summed E-state index contributed by atoms with van der Waals surface area (Å²) in [5, 5.41) is 10.5. The number of aliphatic imine (C=N–C) groups is 1. The van der Waals surface area contributed by atoms with Crippen LogP contribution < -0.4 is 4.74 Å². The Balaban J connectivity index is 2.62. The molecule has 0 saturated heterocycles. The zero-order chi connectivity index (χ0) is 15.0. The number of thioether (sulfide) groups is 1. The van der Waals surface area contributed by atoms with Crippen molar-refractivity contribution in [3.05, 3.63) is 40.9 Å². The molecule has 0 aromatic heterocycles. The number of hydrogen-bond acceptors (Lipinski definition) is 4. The third-order valence-corrected chi connectivity index (χ3v) is 3.23. The highest BCUT2D eigenvalue weighted by Gasteiger charge is 2.08. The number of carbonyl (C=O) groups is 1. The van der Waals surface area contributed by atoms with Gasteiger partial charge in [0.1, 0.15) is 5.75 Å². The van der Waals surface area contributed by atoms with Crippen LogP contribution in [0.1, 0.15) is 12.5 Å². The largest absolute Gasteiger partial charge is 0.482 e. The summed E-state index contributed by atoms with van der Waals surface area (Å²) in [6, 6.07) is 7.44. The number of carboxylic acids is 1. The summed E-state index contributed by atoms with van der Waals surface area (Å²) in [5.41, 5.74) is 2.12. The van der Waals surface area contributed by atoms with Gasteiger partial charge in [-0.2, -0.15) is 0 Å². The topological polar surface area (TPSA) is 58.9 Å². The Labute approximate surface area is 123 Å². The lowest BCUT2D eigenvalue weighted by Gasteiger charge is -2.12. The molecule has 1 atom stereocenters. The molecule has 1 aromatic rings. The summed E-state index contributed by atoms with van der Waals surface area (Å²) in [7, 11) is 0. The van der Waals surface area contributed by atoms with Crippen LogP contribution in [-0.4, -0.2) is 30.7 Å². The monoisotopic (exact) mass is 293 g/mol. The van der Waals surface area contributed by atoms with Gasteiger partial charge in [0, 0.05) is 11.6 Å². The molecule has 0 fully saturated rings. The molecule has 0 spiro atoms. The Kier molecular flexibility index (Phi) is 6.87. The number of aliphatic carboxylic acids is 1. The van der Waals surface area contributed by atoms with E-state index in [9.17, 15) is 4.79 Å². The van der Waals surface area contributed by atoms with Crippen LogP contribution in [0.15, 0.2) is 40.4 Å². The van der Waals surface area contributed by atoms with Crippen LogP contribution in [0, 0.1) is 5.92 Å². The van der Waals surface area contributed by atoms with E-state index in [0.717, 1.165) is 17.7 Å². The maximum atomic E-state index is 10.4. The van der Waals surface area contributed by atoms with Crippen molar-refractivity contribution in [3.8, 4) is 5.75 Å². The fourth-order valence-corrected chi connectivity index (χ4v) is 2.30. The van der Waals surface area contributed by atoms with Gasteiger partial charge in [-0.3, -0.25) is 4.99 Å². The quantitative estimate of drug-likeness (QED) is 0.748. The average molecular weight is 293 g/mol. The molecular formula is C15H19NO3S. The van der Waals surface area contributed by atoms with Gasteiger partial charge in [0.2, 0.25) is 0 Å². The minimum absolute atomic E-state index is 0.283. The number of ether oxygens (including phenoxy) is 1. The van der Waals surface area contributed by atoms with Crippen molar-refractivity contribution in [1.82, 2.24) is 0 Å². The van der Waals surface area contributed by atoms with Crippen molar-refractivity contribution in [2.24, 2.45) is 10.9 Å². The van der Waals surface area contributed by atoms with Gasteiger partial charge in [-0.05, 0) is 42.5 Å². The maximum Gasteiger partial charge on any atom is 0.341 e. The van der Waals surface area contributed by atoms with Gasteiger partial charge in [-0.25, -0.2) is 4.79 Å². The Morgan fingerprint density at radius 1 is 1.50 bits per heavy atom. The molecule has 20 heavy (non-hydrogen) atoms. The van der Waals surface area contributed by atoms with Crippen molar-refractivity contribution >= 4 is 24.4 Å². The first-order valence-electron chi connectivity index (χ1n) is 6.20. The SMILES string of the molecule is C=N/C(=C\SC)C(C)Cc1ccc(OCC(=O)O)cc1. The van der Waals surface area contributed by atoms with Crippen molar-refractivity contribution < 1.29 is 14.6 Å². The Hall–Kier alpha value is -1.75. The fourth-order valence-electron chi connectivity index (χ4n) is 1.75. The fraction of sp³-hybridized carbons (Fsp3) is 0.333. The summed E-state index contributed by atoms with van der Waals surface area (Å²) in [6.07, 6.45) is 2.84. The standard InChI is InChI=1S/C15H19NO3S/c1-11(14(16-2)10-20-3)8-12-4-6-13(7-5-12)19-9-15(17)18/h4-7,10-11H,2,8-9H2,1,3H3,(H,17,18)/b14-10-. The first-order valence-corrected chi connectivity index (χ1v) is 7.48. The van der Waals surface area contributed by atoms with E-state index >= 15 is 0 Å². The van der Waals surface area contributed by atoms with Crippen LogP contribution in [0.2, 0.25) is 0 Å². The van der Waals surface area contributed by atoms with E-state index in [0.29, 0.717) is 5.75 Å². The first kappa shape index (κ1) is 16.3. The molecule has 1 N–H and O–H groups in total. The van der Waals surface area contributed by atoms with Crippen molar-refractivity contribution in [3.63, 3.8) is 0 Å². The second kappa shape index (κ2) is 8.43. The first-order chi connectivity index (χ1) is 9.56. The van der Waals surface area contributed by atoms with Crippen molar-refractivity contribution in [2.75, 3.05) is 12.9 Å². The van der Waals surface area contributed by atoms with E-state index in [2.05, 4.69) is 18.6 Å². The number of rotatable bonds is 8. The zero-order valence-corrected chi connectivity index (χ0v) is 12.5. The molecular weight excluding hydrogens is 274 g/mol. The second-order valence-corrected chi connectivity index (χ2v) is 5.08. The molecule has 0 aliphatic rings. The normalized spacial score (nSPS) is 12.8. The van der Waals surface area contributed by atoms with Crippen LogP contribution in [0.25, 0.3) is 0 Å². The van der Waals surface area contributed by atoms with Crippen molar-refractivity contribution in [2.45, 2.75) is 13.3 Å². The number of hydrogen-bond donors (Lipinski definition) is 1. The van der Waals surface area contributed by atoms with Crippen LogP contribution in [0.5, 0.6) is 5.75 Å². The summed E-state index contributed by atoms with van der Waals surface area (Å²) >= 11 is 1.61. The Bertz CT molecular complexity index is 482. The number of benzene rings is 1. The average Bonchev–Trinajstić information content (AvgIpc) is 2.43. The molecule has 5 heteroatoms. The third kappa shape index (κ3) is 5.48. The van der Waals surface area contributed by atoms with Gasteiger partial charge >= 0.3 is 5.97 Å². The minimum atomic E-state index is -0.980. The van der Waals surface area contributed by atoms with Crippen molar-refractivity contribution in [1.29, 1.82) is 0 Å². The predicted molar refractivity (Wildman–Crippen MR) is 83.6 cm³/mol.